The summed E-state index contributed by atoms with van der Waals surface area (Å²) in [6.07, 6.45) is 4.71. The molecule has 0 radical (unpaired) electrons. The van der Waals surface area contributed by atoms with Crippen LogP contribution >= 0.6 is 0 Å². The van der Waals surface area contributed by atoms with Gasteiger partial charge in [0.1, 0.15) is 11.3 Å². The minimum absolute atomic E-state index is 0.159. The molecule has 0 saturated carbocycles. The molecule has 2 fully saturated rings. The molecule has 2 N–H and O–H groups in total. The molecule has 2 aliphatic heterocycles. The minimum atomic E-state index is -0.670. The Bertz CT molecular complexity index is 684. The van der Waals surface area contributed by atoms with Crippen molar-refractivity contribution in [2.24, 2.45) is 0 Å². The van der Waals surface area contributed by atoms with Gasteiger partial charge in [-0.2, -0.15) is 4.39 Å². The molecule has 0 aliphatic carbocycles. The van der Waals surface area contributed by atoms with Gasteiger partial charge in [-0.3, -0.25) is 9.78 Å². The van der Waals surface area contributed by atoms with Crippen molar-refractivity contribution in [3.8, 4) is 0 Å². The Kier molecular flexibility index (Phi) is 2.53. The Labute approximate surface area is 114 Å². The Morgan fingerprint density at radius 2 is 2.35 bits per heavy atom. The van der Waals surface area contributed by atoms with Gasteiger partial charge < -0.3 is 15.1 Å². The van der Waals surface area contributed by atoms with Crippen LogP contribution in [0.1, 0.15) is 29.8 Å². The van der Waals surface area contributed by atoms with E-state index in [9.17, 15) is 9.18 Å². The predicted octanol–water partition coefficient (Wildman–Crippen LogP) is 1.59. The molecule has 0 spiro atoms. The number of carbonyl (C=O) groups is 1. The zero-order valence-corrected chi connectivity index (χ0v) is 10.7. The number of fused-ring (bicyclic) bond motifs is 3. The van der Waals surface area contributed by atoms with Crippen molar-refractivity contribution in [1.82, 2.24) is 15.6 Å². The van der Waals surface area contributed by atoms with Crippen LogP contribution in [0.4, 0.5) is 4.39 Å². The lowest BCUT2D eigenvalue weighted by Gasteiger charge is -2.21. The number of nitrogens with zero attached hydrogens (tertiary/aromatic N) is 1. The largest absolute Gasteiger partial charge is 0.431 e. The van der Waals surface area contributed by atoms with Crippen molar-refractivity contribution < 1.29 is 13.6 Å². The van der Waals surface area contributed by atoms with Gasteiger partial charge in [0, 0.05) is 41.8 Å². The van der Waals surface area contributed by atoms with Crippen LogP contribution in [-0.2, 0) is 0 Å². The summed E-state index contributed by atoms with van der Waals surface area (Å²) in [5, 5.41) is 7.02. The van der Waals surface area contributed by atoms with Gasteiger partial charge in [-0.05, 0) is 19.3 Å². The van der Waals surface area contributed by atoms with Crippen LogP contribution in [0.2, 0.25) is 0 Å². The van der Waals surface area contributed by atoms with Crippen molar-refractivity contribution in [3.63, 3.8) is 0 Å². The quantitative estimate of drug-likeness (QED) is 0.873. The summed E-state index contributed by atoms with van der Waals surface area (Å²) in [5.74, 6) is -0.233. The van der Waals surface area contributed by atoms with Crippen LogP contribution < -0.4 is 10.6 Å². The smallest absolute Gasteiger partial charge is 0.278 e. The molecule has 2 aliphatic rings. The molecule has 3 atom stereocenters. The normalized spacial score (nSPS) is 28.1. The highest BCUT2D eigenvalue weighted by atomic mass is 19.1. The zero-order chi connectivity index (χ0) is 13.7. The van der Waals surface area contributed by atoms with Crippen LogP contribution in [-0.4, -0.2) is 29.0 Å². The maximum absolute atomic E-state index is 13.0. The molecular formula is C14H14FN3O2. The lowest BCUT2D eigenvalue weighted by atomic mass is 9.95. The van der Waals surface area contributed by atoms with E-state index in [0.29, 0.717) is 23.1 Å². The van der Waals surface area contributed by atoms with Crippen molar-refractivity contribution in [2.45, 2.75) is 37.4 Å². The molecule has 104 valence electrons. The van der Waals surface area contributed by atoms with Crippen molar-refractivity contribution >= 4 is 16.9 Å². The second kappa shape index (κ2) is 4.28. The van der Waals surface area contributed by atoms with E-state index in [1.165, 1.54) is 24.8 Å². The molecule has 20 heavy (non-hydrogen) atoms. The Morgan fingerprint density at radius 1 is 1.45 bits per heavy atom. The molecule has 5 nitrogen and oxygen atoms in total. The number of halogens is 1. The lowest BCUT2D eigenvalue weighted by molar-refractivity contribution is 0.0926. The maximum Gasteiger partial charge on any atom is 0.278 e. The van der Waals surface area contributed by atoms with E-state index >= 15 is 0 Å². The summed E-state index contributed by atoms with van der Waals surface area (Å²) in [6.45, 7) is 0. The monoisotopic (exact) mass is 275 g/mol. The SMILES string of the molecule is O=C(N[C@@H]1C[C@H]2CC[C@@H]1N2)c1cc2oc(F)cc2cn1. The highest BCUT2D eigenvalue weighted by Crippen LogP contribution is 2.28. The van der Waals surface area contributed by atoms with E-state index in [4.69, 9.17) is 4.42 Å². The molecule has 2 aromatic heterocycles. The Hall–Kier alpha value is -1.95. The Morgan fingerprint density at radius 3 is 3.10 bits per heavy atom. The molecule has 6 heteroatoms. The van der Waals surface area contributed by atoms with Gasteiger partial charge in [0.25, 0.3) is 11.9 Å². The summed E-state index contributed by atoms with van der Waals surface area (Å²) in [6, 6.07) is 3.12. The topological polar surface area (TPSA) is 67.2 Å². The van der Waals surface area contributed by atoms with Gasteiger partial charge in [-0.1, -0.05) is 0 Å². The van der Waals surface area contributed by atoms with E-state index in [2.05, 4.69) is 15.6 Å². The maximum atomic E-state index is 13.0. The predicted molar refractivity (Wildman–Crippen MR) is 69.8 cm³/mol. The highest BCUT2D eigenvalue weighted by molar-refractivity contribution is 5.95. The van der Waals surface area contributed by atoms with Crippen LogP contribution in [0.5, 0.6) is 0 Å². The van der Waals surface area contributed by atoms with Crippen molar-refractivity contribution in [3.05, 3.63) is 30.0 Å². The van der Waals surface area contributed by atoms with Crippen LogP contribution in [0.15, 0.2) is 22.7 Å². The molecule has 4 heterocycles. The van der Waals surface area contributed by atoms with E-state index in [1.54, 1.807) is 0 Å². The van der Waals surface area contributed by atoms with E-state index in [0.717, 1.165) is 12.8 Å². The minimum Gasteiger partial charge on any atom is -0.431 e. The summed E-state index contributed by atoms with van der Waals surface area (Å²) in [7, 11) is 0. The molecule has 0 unspecified atom stereocenters. The summed E-state index contributed by atoms with van der Waals surface area (Å²) >= 11 is 0. The van der Waals surface area contributed by atoms with Crippen molar-refractivity contribution in [2.75, 3.05) is 0 Å². The van der Waals surface area contributed by atoms with Gasteiger partial charge >= 0.3 is 0 Å². The number of pyridine rings is 1. The Balaban J connectivity index is 1.54. The van der Waals surface area contributed by atoms with Gasteiger partial charge in [-0.15, -0.1) is 0 Å². The number of rotatable bonds is 2. The summed E-state index contributed by atoms with van der Waals surface area (Å²) in [5.41, 5.74) is 0.600. The van der Waals surface area contributed by atoms with E-state index in [1.807, 2.05) is 0 Å². The number of furan rings is 1. The molecule has 2 saturated heterocycles. The second-order valence-electron chi connectivity index (χ2n) is 5.52. The van der Waals surface area contributed by atoms with Crippen LogP contribution in [0.3, 0.4) is 0 Å². The number of hydrogen-bond donors (Lipinski definition) is 2. The average molecular weight is 275 g/mol. The first kappa shape index (κ1) is 11.8. The number of hydrogen-bond acceptors (Lipinski definition) is 4. The fourth-order valence-corrected chi connectivity index (χ4v) is 3.25. The molecule has 0 aromatic carbocycles. The molecule has 1 amide bonds. The summed E-state index contributed by atoms with van der Waals surface area (Å²) in [4.78, 5) is 16.3. The lowest BCUT2D eigenvalue weighted by Crippen LogP contribution is -2.43. The van der Waals surface area contributed by atoms with Crippen LogP contribution in [0, 0.1) is 6.01 Å². The summed E-state index contributed by atoms with van der Waals surface area (Å²) < 4.78 is 17.9. The van der Waals surface area contributed by atoms with Gasteiger partial charge in [0.05, 0.1) is 0 Å². The molecule has 2 aromatic rings. The van der Waals surface area contributed by atoms with E-state index in [-0.39, 0.29) is 17.6 Å². The second-order valence-corrected chi connectivity index (χ2v) is 5.52. The number of carbonyl (C=O) groups excluding carboxylic acids is 1. The van der Waals surface area contributed by atoms with Gasteiger partial charge in [0.15, 0.2) is 0 Å². The van der Waals surface area contributed by atoms with E-state index < -0.39 is 6.01 Å². The van der Waals surface area contributed by atoms with Crippen molar-refractivity contribution in [1.29, 1.82) is 0 Å². The zero-order valence-electron chi connectivity index (χ0n) is 10.7. The van der Waals surface area contributed by atoms with Crippen LogP contribution in [0.25, 0.3) is 11.0 Å². The first-order valence-corrected chi connectivity index (χ1v) is 6.81. The number of aromatic nitrogens is 1. The fraction of sp³-hybridized carbons (Fsp3) is 0.429. The molecule has 4 rings (SSSR count). The molecular weight excluding hydrogens is 261 g/mol. The standard InChI is InChI=1S/C14H14FN3O2/c15-13-3-7-6-16-11(5-12(7)20-13)14(19)18-10-4-8-1-2-9(10)17-8/h3,5-6,8-10,17H,1-2,4H2,(H,18,19)/t8-,9+,10-/m1/s1. The highest BCUT2D eigenvalue weighted by Gasteiger charge is 2.39. The third-order valence-electron chi connectivity index (χ3n) is 4.22. The third kappa shape index (κ3) is 1.87. The number of nitrogens with one attached hydrogen (secondary N) is 2. The fourth-order valence-electron chi connectivity index (χ4n) is 3.25. The number of amides is 1. The average Bonchev–Trinajstić information content (AvgIpc) is 3.10. The van der Waals surface area contributed by atoms with Gasteiger partial charge in [0.2, 0.25) is 0 Å². The third-order valence-corrected chi connectivity index (χ3v) is 4.22. The van der Waals surface area contributed by atoms with Gasteiger partial charge in [-0.25, -0.2) is 0 Å². The molecule has 2 bridgehead atoms. The first-order valence-electron chi connectivity index (χ1n) is 6.81. The first-order chi connectivity index (χ1) is 9.69.